The van der Waals surface area contributed by atoms with Gasteiger partial charge in [-0.05, 0) is 28.9 Å². The van der Waals surface area contributed by atoms with Crippen molar-refractivity contribution in [2.75, 3.05) is 6.54 Å². The lowest BCUT2D eigenvalue weighted by molar-refractivity contribution is -0.172. The Balaban J connectivity index is 2.76. The quantitative estimate of drug-likeness (QED) is 0.576. The van der Waals surface area contributed by atoms with Gasteiger partial charge in [-0.25, -0.2) is 4.39 Å². The first-order chi connectivity index (χ1) is 10.0. The number of halogens is 5. The molecule has 0 aliphatic heterocycles. The monoisotopic (exact) mass is 384 g/mol. The van der Waals surface area contributed by atoms with E-state index >= 15 is 0 Å². The van der Waals surface area contributed by atoms with Crippen molar-refractivity contribution in [1.29, 1.82) is 0 Å². The van der Waals surface area contributed by atoms with Crippen molar-refractivity contribution in [2.24, 2.45) is 11.7 Å². The molecule has 2 unspecified atom stereocenters. The van der Waals surface area contributed by atoms with Gasteiger partial charge in [0, 0.05) is 11.3 Å². The van der Waals surface area contributed by atoms with Crippen molar-refractivity contribution in [1.82, 2.24) is 5.32 Å². The van der Waals surface area contributed by atoms with Gasteiger partial charge in [0.05, 0.1) is 6.54 Å². The molecule has 3 N–H and O–H groups in total. The third kappa shape index (κ3) is 4.69. The molecule has 0 radical (unpaired) electrons. The second-order valence-electron chi connectivity index (χ2n) is 4.60. The van der Waals surface area contributed by atoms with Crippen LogP contribution in [0.15, 0.2) is 34.0 Å². The zero-order valence-corrected chi connectivity index (χ0v) is 13.0. The van der Waals surface area contributed by atoms with E-state index in [2.05, 4.69) is 21.2 Å². The average Bonchev–Trinajstić information content (AvgIpc) is 2.42. The Bertz CT molecular complexity index is 563. The molecule has 0 bridgehead atoms. The summed E-state index contributed by atoms with van der Waals surface area (Å²) in [7, 11) is 0. The van der Waals surface area contributed by atoms with Crippen LogP contribution >= 0.6 is 15.9 Å². The molecule has 9 heteroatoms. The fourth-order valence-electron chi connectivity index (χ4n) is 1.64. The molecule has 0 spiro atoms. The molecule has 1 aliphatic rings. The number of hydrogen-bond donors (Lipinski definition) is 2. The summed E-state index contributed by atoms with van der Waals surface area (Å²) in [6.45, 7) is 0.923. The van der Waals surface area contributed by atoms with Gasteiger partial charge in [0.15, 0.2) is 5.78 Å². The van der Waals surface area contributed by atoms with E-state index in [9.17, 15) is 27.2 Å². The van der Waals surface area contributed by atoms with E-state index in [4.69, 9.17) is 5.73 Å². The number of carbonyl (C=O) groups excluding carboxylic acids is 2. The highest BCUT2D eigenvalue weighted by Gasteiger charge is 2.44. The largest absolute Gasteiger partial charge is 0.401 e. The van der Waals surface area contributed by atoms with Crippen LogP contribution in [-0.4, -0.2) is 30.6 Å². The third-order valence-corrected chi connectivity index (χ3v) is 3.80. The Hall–Kier alpha value is -1.64. The van der Waals surface area contributed by atoms with E-state index in [0.717, 1.165) is 6.08 Å². The number of carbonyl (C=O) groups is 2. The Morgan fingerprint density at radius 2 is 2.00 bits per heavy atom. The number of nitrogens with two attached hydrogens (primary N) is 1. The van der Waals surface area contributed by atoms with Crippen molar-refractivity contribution in [3.63, 3.8) is 0 Å². The van der Waals surface area contributed by atoms with Crippen LogP contribution in [0, 0.1) is 5.92 Å². The van der Waals surface area contributed by atoms with E-state index in [1.54, 1.807) is 0 Å². The van der Waals surface area contributed by atoms with E-state index < -0.39 is 36.5 Å². The average molecular weight is 385 g/mol. The van der Waals surface area contributed by atoms with Crippen molar-refractivity contribution in [3.05, 3.63) is 34.0 Å². The Morgan fingerprint density at radius 1 is 1.41 bits per heavy atom. The van der Waals surface area contributed by atoms with Crippen LogP contribution < -0.4 is 11.1 Å². The van der Waals surface area contributed by atoms with Gasteiger partial charge in [0.25, 0.3) is 5.91 Å². The predicted octanol–water partition coefficient (Wildman–Crippen LogP) is 2.27. The minimum absolute atomic E-state index is 0.0189. The number of amides is 1. The molecule has 0 aromatic carbocycles. The van der Waals surface area contributed by atoms with Crippen molar-refractivity contribution in [3.8, 4) is 0 Å². The van der Waals surface area contributed by atoms with Crippen molar-refractivity contribution >= 4 is 27.6 Å². The van der Waals surface area contributed by atoms with E-state index in [-0.39, 0.29) is 15.8 Å². The van der Waals surface area contributed by atoms with Crippen LogP contribution in [-0.2, 0) is 9.59 Å². The number of Topliss-reactive ketones (excluding diaryl/α,β-unsaturated/α-hetero) is 1. The Kier molecular flexibility index (Phi) is 5.92. The second-order valence-corrected chi connectivity index (χ2v) is 5.39. The first-order valence-corrected chi connectivity index (χ1v) is 6.87. The molecule has 0 saturated carbocycles. The van der Waals surface area contributed by atoms with Crippen LogP contribution in [0.4, 0.5) is 17.6 Å². The second kappa shape index (κ2) is 7.08. The van der Waals surface area contributed by atoms with Crippen molar-refractivity contribution in [2.45, 2.75) is 19.3 Å². The molecular weight excluding hydrogens is 372 g/mol. The maximum Gasteiger partial charge on any atom is 0.398 e. The molecular formula is C13H13BrF4N2O2. The molecule has 2 atom stereocenters. The number of rotatable bonds is 4. The molecule has 1 rings (SSSR count). The topological polar surface area (TPSA) is 72.2 Å². The summed E-state index contributed by atoms with van der Waals surface area (Å²) in [5.74, 6) is -3.81. The molecule has 0 fully saturated rings. The van der Waals surface area contributed by atoms with Gasteiger partial charge in [-0.3, -0.25) is 9.59 Å². The molecule has 1 amide bonds. The predicted molar refractivity (Wildman–Crippen MR) is 75.5 cm³/mol. The molecule has 1 aliphatic carbocycles. The van der Waals surface area contributed by atoms with Gasteiger partial charge in [-0.2, -0.15) is 13.2 Å². The number of hydrogen-bond acceptors (Lipinski definition) is 3. The van der Waals surface area contributed by atoms with Gasteiger partial charge in [-0.15, -0.1) is 0 Å². The minimum Gasteiger partial charge on any atom is -0.401 e. The van der Waals surface area contributed by atoms with Crippen LogP contribution in [0.5, 0.6) is 0 Å². The number of alkyl halides is 4. The lowest BCUT2D eigenvalue weighted by Gasteiger charge is -2.22. The summed E-state index contributed by atoms with van der Waals surface area (Å²) >= 11 is 2.90. The van der Waals surface area contributed by atoms with Gasteiger partial charge < -0.3 is 11.1 Å². The molecule has 22 heavy (non-hydrogen) atoms. The molecule has 0 saturated heterocycles. The lowest BCUT2D eigenvalue weighted by Crippen LogP contribution is -2.34. The summed E-state index contributed by atoms with van der Waals surface area (Å²) in [6, 6.07) is 0. The van der Waals surface area contributed by atoms with E-state index in [1.165, 1.54) is 6.92 Å². The summed E-state index contributed by atoms with van der Waals surface area (Å²) in [5.41, 5.74) is 5.24. The minimum atomic E-state index is -4.79. The maximum atomic E-state index is 13.2. The number of nitrogens with one attached hydrogen (secondary N) is 1. The Morgan fingerprint density at radius 3 is 2.50 bits per heavy atom. The molecule has 4 nitrogen and oxygen atoms in total. The van der Waals surface area contributed by atoms with E-state index in [0.29, 0.717) is 12.2 Å². The van der Waals surface area contributed by atoms with Crippen LogP contribution in [0.2, 0.25) is 0 Å². The smallest absolute Gasteiger partial charge is 0.398 e. The first kappa shape index (κ1) is 18.4. The third-order valence-electron chi connectivity index (χ3n) is 2.82. The Labute approximate surface area is 132 Å². The van der Waals surface area contributed by atoms with Crippen LogP contribution in [0.25, 0.3) is 0 Å². The standard InChI is InChI=1S/C13H13BrF4N2O2/c1-6(19)11(14)12(22)20-5-10(21)7-2-3-9(15)8(4-7)13(16,17)18/h2-4,8-9H,5,19H2,1H3,(H,20,22)/b11-6-. The molecule has 0 aromatic rings. The lowest BCUT2D eigenvalue weighted by atomic mass is 9.92. The highest BCUT2D eigenvalue weighted by molar-refractivity contribution is 9.12. The van der Waals surface area contributed by atoms with Gasteiger partial charge >= 0.3 is 6.18 Å². The SMILES string of the molecule is C/C(N)=C(/Br)C(=O)NCC(=O)C1=CC(C(F)(F)F)C(F)C=C1. The van der Waals surface area contributed by atoms with Crippen LogP contribution in [0.1, 0.15) is 6.92 Å². The summed E-state index contributed by atoms with van der Waals surface area (Å²) < 4.78 is 51.1. The number of ketones is 1. The zero-order chi connectivity index (χ0) is 17.1. The van der Waals surface area contributed by atoms with Gasteiger partial charge in [0.1, 0.15) is 16.6 Å². The van der Waals surface area contributed by atoms with E-state index in [1.807, 2.05) is 0 Å². The molecule has 0 aromatic heterocycles. The summed E-state index contributed by atoms with van der Waals surface area (Å²) in [6.07, 6.45) is -4.85. The maximum absolute atomic E-state index is 13.2. The fraction of sp³-hybridized carbons (Fsp3) is 0.385. The van der Waals surface area contributed by atoms with Gasteiger partial charge in [0.2, 0.25) is 0 Å². The molecule has 122 valence electrons. The molecule has 0 heterocycles. The highest BCUT2D eigenvalue weighted by Crippen LogP contribution is 2.35. The highest BCUT2D eigenvalue weighted by atomic mass is 79.9. The zero-order valence-electron chi connectivity index (χ0n) is 11.4. The van der Waals surface area contributed by atoms with Gasteiger partial charge in [-0.1, -0.05) is 12.2 Å². The number of allylic oxidation sites excluding steroid dienone is 4. The normalized spacial score (nSPS) is 22.7. The summed E-state index contributed by atoms with van der Waals surface area (Å²) in [5, 5.41) is 2.20. The fourth-order valence-corrected chi connectivity index (χ4v) is 1.78. The van der Waals surface area contributed by atoms with Crippen LogP contribution in [0.3, 0.4) is 0 Å². The van der Waals surface area contributed by atoms with Crippen molar-refractivity contribution < 1.29 is 27.2 Å². The first-order valence-electron chi connectivity index (χ1n) is 6.08. The summed E-state index contributed by atoms with van der Waals surface area (Å²) in [4.78, 5) is 23.3.